The van der Waals surface area contributed by atoms with Crippen LogP contribution in [-0.2, 0) is 16.4 Å². The summed E-state index contributed by atoms with van der Waals surface area (Å²) >= 11 is 1.65. The fourth-order valence-electron chi connectivity index (χ4n) is 3.08. The molecule has 0 fully saturated rings. The summed E-state index contributed by atoms with van der Waals surface area (Å²) in [5, 5.41) is 5.98. The van der Waals surface area contributed by atoms with E-state index in [0.717, 1.165) is 35.5 Å². The molecule has 0 saturated carbocycles. The molecule has 0 aliphatic carbocycles. The lowest BCUT2D eigenvalue weighted by atomic mass is 10.2. The fraction of sp³-hybridized carbons (Fsp3) is 0.304. The van der Waals surface area contributed by atoms with Gasteiger partial charge in [-0.15, -0.1) is 11.3 Å². The number of amides is 1. The predicted molar refractivity (Wildman–Crippen MR) is 127 cm³/mol. The molecule has 2 N–H and O–H groups in total. The Balaban J connectivity index is 1.63. The minimum Gasteiger partial charge on any atom is -0.495 e. The van der Waals surface area contributed by atoms with Crippen LogP contribution in [0.25, 0.3) is 0 Å². The first kappa shape index (κ1) is 23.7. The van der Waals surface area contributed by atoms with E-state index in [1.807, 2.05) is 31.4 Å². The minimum atomic E-state index is -3.94. The topological polar surface area (TPSA) is 97.4 Å². The lowest BCUT2D eigenvalue weighted by molar-refractivity contribution is 0.0952. The van der Waals surface area contributed by atoms with Crippen LogP contribution in [0.1, 0.15) is 39.5 Å². The smallest absolute Gasteiger partial charge is 0.265 e. The van der Waals surface area contributed by atoms with Crippen LogP contribution in [0, 0.1) is 13.8 Å². The van der Waals surface area contributed by atoms with Crippen molar-refractivity contribution in [1.29, 1.82) is 0 Å². The second-order valence-corrected chi connectivity index (χ2v) is 10.0. The summed E-state index contributed by atoms with van der Waals surface area (Å²) in [5.41, 5.74) is 2.74. The van der Waals surface area contributed by atoms with E-state index in [1.165, 1.54) is 19.2 Å². The second kappa shape index (κ2) is 10.6. The number of benzene rings is 2. The summed E-state index contributed by atoms with van der Waals surface area (Å²) in [4.78, 5) is 16.9. The van der Waals surface area contributed by atoms with Gasteiger partial charge in [0.15, 0.2) is 0 Å². The molecule has 0 aliphatic heterocycles. The van der Waals surface area contributed by atoms with Gasteiger partial charge in [-0.3, -0.25) is 9.52 Å². The molecule has 7 nitrogen and oxygen atoms in total. The van der Waals surface area contributed by atoms with Gasteiger partial charge in [0, 0.05) is 28.9 Å². The Morgan fingerprint density at radius 1 is 1.09 bits per heavy atom. The fourth-order valence-corrected chi connectivity index (χ4v) is 5.16. The van der Waals surface area contributed by atoms with Crippen LogP contribution in [0.5, 0.6) is 5.75 Å². The summed E-state index contributed by atoms with van der Waals surface area (Å²) in [5.74, 6) is -0.163. The number of unbranched alkanes of at least 4 members (excludes halogenated alkanes) is 1. The van der Waals surface area contributed by atoms with Gasteiger partial charge in [0.05, 0.1) is 12.1 Å². The van der Waals surface area contributed by atoms with Crippen molar-refractivity contribution < 1.29 is 17.9 Å². The predicted octanol–water partition coefficient (Wildman–Crippen LogP) is 4.32. The van der Waals surface area contributed by atoms with Gasteiger partial charge in [-0.2, -0.15) is 0 Å². The summed E-state index contributed by atoms with van der Waals surface area (Å²) in [6, 6.07) is 11.4. The van der Waals surface area contributed by atoms with Gasteiger partial charge in [-0.1, -0.05) is 17.7 Å². The van der Waals surface area contributed by atoms with Crippen LogP contribution in [0.15, 0.2) is 52.7 Å². The molecule has 0 saturated heterocycles. The number of hydrogen-bond acceptors (Lipinski definition) is 6. The first-order valence-corrected chi connectivity index (χ1v) is 12.6. The highest BCUT2D eigenvalue weighted by atomic mass is 32.2. The van der Waals surface area contributed by atoms with Crippen molar-refractivity contribution in [3.63, 3.8) is 0 Å². The second-order valence-electron chi connectivity index (χ2n) is 7.43. The number of thiazole rings is 1. The van der Waals surface area contributed by atoms with Crippen LogP contribution in [0.3, 0.4) is 0 Å². The average Bonchev–Trinajstić information content (AvgIpc) is 3.19. The molecule has 0 bridgehead atoms. The van der Waals surface area contributed by atoms with E-state index in [9.17, 15) is 13.2 Å². The number of ether oxygens (including phenoxy) is 1. The maximum Gasteiger partial charge on any atom is 0.265 e. The van der Waals surface area contributed by atoms with Crippen molar-refractivity contribution in [2.75, 3.05) is 18.4 Å². The molecule has 0 radical (unpaired) electrons. The molecule has 0 atom stereocenters. The van der Waals surface area contributed by atoms with Gasteiger partial charge in [-0.25, -0.2) is 13.4 Å². The molecule has 1 aromatic heterocycles. The Hall–Kier alpha value is -2.91. The number of carbonyl (C=O) groups is 1. The third kappa shape index (κ3) is 6.30. The normalized spacial score (nSPS) is 11.2. The Kier molecular flexibility index (Phi) is 7.87. The molecule has 3 aromatic rings. The zero-order chi connectivity index (χ0) is 23.1. The highest BCUT2D eigenvalue weighted by molar-refractivity contribution is 7.92. The van der Waals surface area contributed by atoms with Gasteiger partial charge in [0.1, 0.15) is 10.6 Å². The van der Waals surface area contributed by atoms with E-state index in [1.54, 1.807) is 29.5 Å². The number of carbonyl (C=O) groups excluding carboxylic acids is 1. The van der Waals surface area contributed by atoms with Crippen LogP contribution in [-0.4, -0.2) is 33.0 Å². The van der Waals surface area contributed by atoms with E-state index in [2.05, 4.69) is 15.0 Å². The van der Waals surface area contributed by atoms with Crippen molar-refractivity contribution >= 4 is 33.0 Å². The molecule has 32 heavy (non-hydrogen) atoms. The number of aryl methyl sites for hydroxylation is 3. The van der Waals surface area contributed by atoms with E-state index in [4.69, 9.17) is 4.74 Å². The molecule has 2 aromatic carbocycles. The number of nitrogens with zero attached hydrogens (tertiary/aromatic N) is 1. The Morgan fingerprint density at radius 2 is 1.84 bits per heavy atom. The van der Waals surface area contributed by atoms with E-state index >= 15 is 0 Å². The summed E-state index contributed by atoms with van der Waals surface area (Å²) in [7, 11) is -2.55. The van der Waals surface area contributed by atoms with Gasteiger partial charge in [0.2, 0.25) is 0 Å². The summed E-state index contributed by atoms with van der Waals surface area (Å²) < 4.78 is 33.7. The van der Waals surface area contributed by atoms with Crippen LogP contribution in [0.2, 0.25) is 0 Å². The number of aromatic nitrogens is 1. The van der Waals surface area contributed by atoms with Crippen molar-refractivity contribution in [2.45, 2.75) is 38.0 Å². The summed E-state index contributed by atoms with van der Waals surface area (Å²) in [6.45, 7) is 4.39. The van der Waals surface area contributed by atoms with E-state index in [-0.39, 0.29) is 22.1 Å². The van der Waals surface area contributed by atoms with Gasteiger partial charge in [-0.05, 0) is 63.4 Å². The molecule has 0 unspecified atom stereocenters. The van der Waals surface area contributed by atoms with Gasteiger partial charge in [0.25, 0.3) is 15.9 Å². The maximum atomic E-state index is 12.9. The number of hydrogen-bond donors (Lipinski definition) is 2. The number of sulfonamides is 1. The molecule has 1 amide bonds. The number of methoxy groups -OCH3 is 1. The standard InChI is InChI=1S/C23H27N3O4S2/c1-16-7-10-19(11-8-16)26-32(28,29)21-14-18(9-12-20(21)30-3)23(27)24-13-5-4-6-22-25-17(2)15-31-22/h7-12,14-15,26H,4-6,13H2,1-3H3,(H,24,27). The van der Waals surface area contributed by atoms with Crippen LogP contribution >= 0.6 is 11.3 Å². The van der Waals surface area contributed by atoms with E-state index in [0.29, 0.717) is 12.2 Å². The molecule has 3 rings (SSSR count). The first-order valence-electron chi connectivity index (χ1n) is 10.3. The van der Waals surface area contributed by atoms with Crippen LogP contribution in [0.4, 0.5) is 5.69 Å². The number of rotatable bonds is 10. The average molecular weight is 474 g/mol. The van der Waals surface area contributed by atoms with Crippen LogP contribution < -0.4 is 14.8 Å². The quantitative estimate of drug-likeness (QED) is 0.427. The maximum absolute atomic E-state index is 12.9. The molecular formula is C23H27N3O4S2. The third-order valence-corrected chi connectivity index (χ3v) is 7.22. The van der Waals surface area contributed by atoms with Gasteiger partial charge < -0.3 is 10.1 Å². The zero-order valence-corrected chi connectivity index (χ0v) is 20.0. The highest BCUT2D eigenvalue weighted by Crippen LogP contribution is 2.27. The number of anilines is 1. The number of nitrogens with one attached hydrogen (secondary N) is 2. The molecule has 9 heteroatoms. The lowest BCUT2D eigenvalue weighted by Gasteiger charge is -2.13. The molecule has 0 aliphatic rings. The summed E-state index contributed by atoms with van der Waals surface area (Å²) in [6.07, 6.45) is 2.60. The Bertz CT molecular complexity index is 1170. The van der Waals surface area contributed by atoms with Crippen molar-refractivity contribution in [3.8, 4) is 5.75 Å². The lowest BCUT2D eigenvalue weighted by Crippen LogP contribution is -2.25. The van der Waals surface area contributed by atoms with Crippen molar-refractivity contribution in [1.82, 2.24) is 10.3 Å². The Morgan fingerprint density at radius 3 is 2.50 bits per heavy atom. The van der Waals surface area contributed by atoms with E-state index < -0.39 is 10.0 Å². The molecular weight excluding hydrogens is 446 g/mol. The van der Waals surface area contributed by atoms with Crippen molar-refractivity contribution in [3.05, 3.63) is 69.7 Å². The highest BCUT2D eigenvalue weighted by Gasteiger charge is 2.22. The largest absolute Gasteiger partial charge is 0.495 e. The van der Waals surface area contributed by atoms with Crippen molar-refractivity contribution in [2.24, 2.45) is 0 Å². The molecule has 1 heterocycles. The minimum absolute atomic E-state index is 0.0904. The SMILES string of the molecule is COc1ccc(C(=O)NCCCCc2nc(C)cs2)cc1S(=O)(=O)Nc1ccc(C)cc1. The monoisotopic (exact) mass is 473 g/mol. The third-order valence-electron chi connectivity index (χ3n) is 4.79. The zero-order valence-electron chi connectivity index (χ0n) is 18.3. The van der Waals surface area contributed by atoms with Gasteiger partial charge >= 0.3 is 0 Å². The first-order chi connectivity index (χ1) is 15.3. The molecule has 0 spiro atoms. The molecule has 170 valence electrons. The Labute approximate surface area is 192 Å².